The lowest BCUT2D eigenvalue weighted by atomic mass is 10.1. The van der Waals surface area contributed by atoms with Crippen LogP contribution in [0.2, 0.25) is 0 Å². The molecule has 1 atom stereocenters. The molecule has 4 nitrogen and oxygen atoms in total. The van der Waals surface area contributed by atoms with E-state index in [1.807, 2.05) is 7.05 Å². The van der Waals surface area contributed by atoms with Crippen LogP contribution in [0.1, 0.15) is 11.7 Å². The van der Waals surface area contributed by atoms with Crippen molar-refractivity contribution in [3.63, 3.8) is 0 Å². The van der Waals surface area contributed by atoms with Crippen molar-refractivity contribution in [2.24, 2.45) is 0 Å². The van der Waals surface area contributed by atoms with Gasteiger partial charge in [-0.15, -0.1) is 0 Å². The molecule has 1 unspecified atom stereocenters. The van der Waals surface area contributed by atoms with E-state index < -0.39 is 6.10 Å². The third-order valence-electron chi connectivity index (χ3n) is 2.95. The van der Waals surface area contributed by atoms with E-state index in [9.17, 15) is 9.50 Å². The molecule has 0 saturated heterocycles. The van der Waals surface area contributed by atoms with E-state index in [0.29, 0.717) is 18.7 Å². The Bertz CT molecular complexity index is 363. The summed E-state index contributed by atoms with van der Waals surface area (Å²) in [5.74, 6) is -0.367. The topological polar surface area (TPSA) is 44.7 Å². The van der Waals surface area contributed by atoms with Gasteiger partial charge in [-0.3, -0.25) is 0 Å². The number of hydrogen-bond acceptors (Lipinski definition) is 4. The average Bonchev–Trinajstić information content (AvgIpc) is 2.41. The van der Waals surface area contributed by atoms with Crippen LogP contribution in [0.25, 0.3) is 0 Å². The second-order valence-corrected chi connectivity index (χ2v) is 4.54. The molecule has 0 bridgehead atoms. The van der Waals surface area contributed by atoms with Crippen LogP contribution < -0.4 is 5.32 Å². The number of ether oxygens (including phenoxy) is 1. The molecule has 0 radical (unpaired) electrons. The van der Waals surface area contributed by atoms with Crippen LogP contribution in [0, 0.1) is 5.82 Å². The number of benzene rings is 1. The summed E-state index contributed by atoms with van der Waals surface area (Å²) in [6.07, 6.45) is -0.814. The van der Waals surface area contributed by atoms with Crippen molar-refractivity contribution in [1.82, 2.24) is 10.2 Å². The minimum atomic E-state index is -0.814. The maximum absolute atomic E-state index is 13.4. The van der Waals surface area contributed by atoms with Gasteiger partial charge in [-0.1, -0.05) is 18.2 Å². The molecule has 19 heavy (non-hydrogen) atoms. The molecule has 1 aromatic carbocycles. The molecule has 0 aromatic heterocycles. The van der Waals surface area contributed by atoms with Gasteiger partial charge in [0.25, 0.3) is 0 Å². The number of hydrogen-bond donors (Lipinski definition) is 2. The van der Waals surface area contributed by atoms with Crippen LogP contribution in [0.5, 0.6) is 0 Å². The number of methoxy groups -OCH3 is 1. The van der Waals surface area contributed by atoms with Gasteiger partial charge in [0.2, 0.25) is 0 Å². The number of aliphatic hydroxyl groups is 1. The highest BCUT2D eigenvalue weighted by atomic mass is 19.1. The first-order valence-electron chi connectivity index (χ1n) is 6.46. The normalized spacial score (nSPS) is 12.9. The van der Waals surface area contributed by atoms with E-state index in [0.717, 1.165) is 19.6 Å². The lowest BCUT2D eigenvalue weighted by molar-refractivity contribution is 0.155. The van der Waals surface area contributed by atoms with E-state index in [2.05, 4.69) is 10.2 Å². The molecule has 2 N–H and O–H groups in total. The number of rotatable bonds is 9. The molecule has 0 saturated carbocycles. The Morgan fingerprint density at radius 2 is 2.11 bits per heavy atom. The predicted molar refractivity (Wildman–Crippen MR) is 73.6 cm³/mol. The Hall–Kier alpha value is -1.01. The van der Waals surface area contributed by atoms with Gasteiger partial charge < -0.3 is 20.1 Å². The van der Waals surface area contributed by atoms with Gasteiger partial charge in [0.1, 0.15) is 5.82 Å². The predicted octanol–water partition coefficient (Wildman–Crippen LogP) is 1.03. The first kappa shape index (κ1) is 16.0. The van der Waals surface area contributed by atoms with Crippen LogP contribution in [-0.4, -0.2) is 56.9 Å². The van der Waals surface area contributed by atoms with E-state index >= 15 is 0 Å². The van der Waals surface area contributed by atoms with Crippen molar-refractivity contribution in [3.05, 3.63) is 35.6 Å². The first-order chi connectivity index (χ1) is 9.15. The molecule has 0 heterocycles. The second-order valence-electron chi connectivity index (χ2n) is 4.54. The van der Waals surface area contributed by atoms with Gasteiger partial charge in [-0.2, -0.15) is 0 Å². The Kier molecular flexibility index (Phi) is 7.59. The molecule has 0 aliphatic heterocycles. The zero-order valence-corrected chi connectivity index (χ0v) is 11.6. The van der Waals surface area contributed by atoms with Gasteiger partial charge >= 0.3 is 0 Å². The number of likely N-dealkylation sites (N-methyl/N-ethyl adjacent to an activating group) is 1. The van der Waals surface area contributed by atoms with E-state index in [1.165, 1.54) is 6.07 Å². The van der Waals surface area contributed by atoms with Gasteiger partial charge in [-0.25, -0.2) is 4.39 Å². The molecule has 108 valence electrons. The van der Waals surface area contributed by atoms with Crippen molar-refractivity contribution in [3.8, 4) is 0 Å². The summed E-state index contributed by atoms with van der Waals surface area (Å²) in [6.45, 7) is 3.51. The van der Waals surface area contributed by atoms with Gasteiger partial charge in [0.15, 0.2) is 0 Å². The fourth-order valence-corrected chi connectivity index (χ4v) is 1.72. The van der Waals surface area contributed by atoms with Crippen molar-refractivity contribution >= 4 is 0 Å². The summed E-state index contributed by atoms with van der Waals surface area (Å²) in [7, 11) is 3.69. The molecule has 1 aromatic rings. The third-order valence-corrected chi connectivity index (χ3v) is 2.95. The number of nitrogens with one attached hydrogen (secondary N) is 1. The highest BCUT2D eigenvalue weighted by Crippen LogP contribution is 2.15. The van der Waals surface area contributed by atoms with E-state index in [1.54, 1.807) is 25.3 Å². The minimum absolute atomic E-state index is 0.336. The Labute approximate surface area is 114 Å². The molecule has 0 aliphatic carbocycles. The molecule has 0 spiro atoms. The number of halogens is 1. The maximum Gasteiger partial charge on any atom is 0.129 e. The molecular weight excluding hydrogens is 247 g/mol. The van der Waals surface area contributed by atoms with E-state index in [4.69, 9.17) is 4.74 Å². The van der Waals surface area contributed by atoms with Crippen LogP contribution >= 0.6 is 0 Å². The smallest absolute Gasteiger partial charge is 0.129 e. The molecular formula is C14H23FN2O2. The molecule has 1 rings (SSSR count). The lowest BCUT2D eigenvalue weighted by Crippen LogP contribution is -2.33. The SMILES string of the molecule is COCCN(C)CCNCC(O)c1ccccc1F. The number of aliphatic hydroxyl groups excluding tert-OH is 1. The van der Waals surface area contributed by atoms with Crippen molar-refractivity contribution < 1.29 is 14.2 Å². The first-order valence-corrected chi connectivity index (χ1v) is 6.46. The van der Waals surface area contributed by atoms with Crippen LogP contribution in [-0.2, 0) is 4.74 Å². The zero-order valence-electron chi connectivity index (χ0n) is 11.6. The van der Waals surface area contributed by atoms with Crippen molar-refractivity contribution in [1.29, 1.82) is 0 Å². The summed E-state index contributed by atoms with van der Waals surface area (Å²) in [4.78, 5) is 2.13. The Morgan fingerprint density at radius 3 is 2.79 bits per heavy atom. The Balaban J connectivity index is 2.21. The number of nitrogens with zero attached hydrogens (tertiary/aromatic N) is 1. The zero-order chi connectivity index (χ0) is 14.1. The van der Waals surface area contributed by atoms with Crippen molar-refractivity contribution in [2.75, 3.05) is 46.9 Å². The van der Waals surface area contributed by atoms with Gasteiger partial charge in [-0.05, 0) is 13.1 Å². The van der Waals surface area contributed by atoms with Gasteiger partial charge in [0, 0.05) is 38.9 Å². The largest absolute Gasteiger partial charge is 0.387 e. The minimum Gasteiger partial charge on any atom is -0.387 e. The summed E-state index contributed by atoms with van der Waals surface area (Å²) in [6, 6.07) is 6.30. The maximum atomic E-state index is 13.4. The highest BCUT2D eigenvalue weighted by molar-refractivity contribution is 5.19. The average molecular weight is 270 g/mol. The quantitative estimate of drug-likeness (QED) is 0.658. The molecule has 0 amide bonds. The molecule has 0 aliphatic rings. The van der Waals surface area contributed by atoms with Crippen LogP contribution in [0.15, 0.2) is 24.3 Å². The fourth-order valence-electron chi connectivity index (χ4n) is 1.72. The highest BCUT2D eigenvalue weighted by Gasteiger charge is 2.11. The van der Waals surface area contributed by atoms with Crippen LogP contribution in [0.3, 0.4) is 0 Å². The second kappa shape index (κ2) is 8.98. The monoisotopic (exact) mass is 270 g/mol. The summed E-state index contributed by atoms with van der Waals surface area (Å²) < 4.78 is 18.4. The standard InChI is InChI=1S/C14H23FN2O2/c1-17(9-10-19-2)8-7-16-11-14(18)12-5-3-4-6-13(12)15/h3-6,14,16,18H,7-11H2,1-2H3. The molecule has 0 fully saturated rings. The summed E-state index contributed by atoms with van der Waals surface area (Å²) >= 11 is 0. The lowest BCUT2D eigenvalue weighted by Gasteiger charge is -2.17. The van der Waals surface area contributed by atoms with Gasteiger partial charge in [0.05, 0.1) is 12.7 Å². The fraction of sp³-hybridized carbons (Fsp3) is 0.571. The van der Waals surface area contributed by atoms with E-state index in [-0.39, 0.29) is 5.82 Å². The summed E-state index contributed by atoms with van der Waals surface area (Å²) in [5, 5.41) is 13.0. The van der Waals surface area contributed by atoms with Crippen LogP contribution in [0.4, 0.5) is 4.39 Å². The third kappa shape index (κ3) is 6.11. The van der Waals surface area contributed by atoms with Crippen molar-refractivity contribution in [2.45, 2.75) is 6.10 Å². The summed E-state index contributed by atoms with van der Waals surface area (Å²) in [5.41, 5.74) is 0.336. The Morgan fingerprint density at radius 1 is 1.37 bits per heavy atom. The molecule has 5 heteroatoms.